The van der Waals surface area contributed by atoms with Crippen molar-refractivity contribution in [2.24, 2.45) is 11.8 Å². The highest BCUT2D eigenvalue weighted by molar-refractivity contribution is 5.88. The summed E-state index contributed by atoms with van der Waals surface area (Å²) in [4.78, 5) is 18.3. The molecule has 1 spiro atoms. The number of H-pyrrole nitrogens is 1. The number of benzene rings is 1. The van der Waals surface area contributed by atoms with Crippen molar-refractivity contribution in [3.63, 3.8) is 0 Å². The van der Waals surface area contributed by atoms with Crippen LogP contribution in [0.25, 0.3) is 10.9 Å². The number of carbonyl (C=O) groups excluding carboxylic acids is 1. The number of likely N-dealkylation sites (tertiary alicyclic amines) is 1. The molecule has 162 valence electrons. The molecule has 1 amide bonds. The maximum Gasteiger partial charge on any atom is 0.227 e. The molecule has 1 atom stereocenters. The van der Waals surface area contributed by atoms with Gasteiger partial charge in [0.1, 0.15) is 0 Å². The normalized spacial score (nSPS) is 23.9. The molecule has 5 nitrogen and oxygen atoms in total. The molecule has 2 saturated heterocycles. The summed E-state index contributed by atoms with van der Waals surface area (Å²) >= 11 is 0. The number of fused-ring (bicyclic) bond motifs is 1. The van der Waals surface area contributed by atoms with Crippen LogP contribution in [0.3, 0.4) is 0 Å². The van der Waals surface area contributed by atoms with Crippen LogP contribution in [-0.4, -0.2) is 54.3 Å². The first-order chi connectivity index (χ1) is 14.7. The molecule has 0 radical (unpaired) electrons. The number of aromatic amines is 1. The summed E-state index contributed by atoms with van der Waals surface area (Å²) in [6.45, 7) is 4.34. The number of rotatable bonds is 7. The molecule has 1 aliphatic carbocycles. The number of hydrogen-bond acceptors (Lipinski definition) is 3. The predicted molar refractivity (Wildman–Crippen MR) is 117 cm³/mol. The molecule has 3 heterocycles. The van der Waals surface area contributed by atoms with Crippen LogP contribution in [0.2, 0.25) is 0 Å². The Bertz CT molecular complexity index is 864. The number of amides is 1. The third-order valence-corrected chi connectivity index (χ3v) is 7.36. The van der Waals surface area contributed by atoms with Gasteiger partial charge in [0.2, 0.25) is 5.91 Å². The van der Waals surface area contributed by atoms with E-state index >= 15 is 0 Å². The quantitative estimate of drug-likeness (QED) is 0.692. The van der Waals surface area contributed by atoms with Gasteiger partial charge in [0, 0.05) is 50.0 Å². The molecule has 1 N–H and O–H groups in total. The van der Waals surface area contributed by atoms with Gasteiger partial charge in [-0.25, -0.2) is 0 Å². The van der Waals surface area contributed by atoms with Crippen LogP contribution < -0.4 is 0 Å². The zero-order valence-corrected chi connectivity index (χ0v) is 17.9. The first-order valence-electron chi connectivity index (χ1n) is 11.8. The second-order valence-corrected chi connectivity index (χ2v) is 9.61. The lowest BCUT2D eigenvalue weighted by atomic mass is 9.78. The molecule has 1 unspecified atom stereocenters. The standard InChI is InChI=1S/C25H34N2O3/c28-24(15-21-17-26-23-4-2-1-3-22(21)23)27-11-9-25(10-12-27)16-19(8-14-30-25)7-13-29-18-20-5-6-20/h1-4,17,19-20,26H,5-16,18H2. The van der Waals surface area contributed by atoms with E-state index < -0.39 is 0 Å². The Kier molecular flexibility index (Phi) is 5.83. The Balaban J connectivity index is 1.11. The van der Waals surface area contributed by atoms with E-state index in [1.165, 1.54) is 12.8 Å². The van der Waals surface area contributed by atoms with E-state index in [2.05, 4.69) is 17.1 Å². The average molecular weight is 411 g/mol. The van der Waals surface area contributed by atoms with Crippen LogP contribution in [-0.2, 0) is 20.7 Å². The number of nitrogens with one attached hydrogen (secondary N) is 1. The summed E-state index contributed by atoms with van der Waals surface area (Å²) in [7, 11) is 0. The van der Waals surface area contributed by atoms with Crippen LogP contribution in [0.1, 0.15) is 50.5 Å². The number of hydrogen-bond donors (Lipinski definition) is 1. The van der Waals surface area contributed by atoms with Crippen LogP contribution in [0.4, 0.5) is 0 Å². The fraction of sp³-hybridized carbons (Fsp3) is 0.640. The summed E-state index contributed by atoms with van der Waals surface area (Å²) in [6, 6.07) is 8.19. The largest absolute Gasteiger partial charge is 0.381 e. The molecule has 2 aromatic rings. The highest BCUT2D eigenvalue weighted by Crippen LogP contribution is 2.39. The molecule has 2 aliphatic heterocycles. The molecule has 1 saturated carbocycles. The second-order valence-electron chi connectivity index (χ2n) is 9.61. The minimum atomic E-state index is -0.0169. The maximum absolute atomic E-state index is 12.9. The number of carbonyl (C=O) groups is 1. The summed E-state index contributed by atoms with van der Waals surface area (Å²) < 4.78 is 12.2. The maximum atomic E-state index is 12.9. The molecule has 30 heavy (non-hydrogen) atoms. The minimum Gasteiger partial charge on any atom is -0.381 e. The number of piperidine rings is 1. The number of aromatic nitrogens is 1. The molecular formula is C25H34N2O3. The van der Waals surface area contributed by atoms with Gasteiger partial charge in [-0.15, -0.1) is 0 Å². The van der Waals surface area contributed by atoms with E-state index in [1.54, 1.807) is 0 Å². The van der Waals surface area contributed by atoms with Gasteiger partial charge in [-0.2, -0.15) is 0 Å². The molecular weight excluding hydrogens is 376 g/mol. The summed E-state index contributed by atoms with van der Waals surface area (Å²) in [6.07, 6.45) is 10.5. The lowest BCUT2D eigenvalue weighted by Gasteiger charge is -2.46. The van der Waals surface area contributed by atoms with Gasteiger partial charge in [-0.05, 0) is 68.4 Å². The second kappa shape index (κ2) is 8.72. The lowest BCUT2D eigenvalue weighted by molar-refractivity contribution is -0.147. The molecule has 1 aromatic heterocycles. The van der Waals surface area contributed by atoms with Crippen molar-refractivity contribution in [2.45, 2.75) is 57.0 Å². The van der Waals surface area contributed by atoms with Crippen molar-refractivity contribution in [3.05, 3.63) is 36.0 Å². The van der Waals surface area contributed by atoms with E-state index in [-0.39, 0.29) is 11.5 Å². The molecule has 0 bridgehead atoms. The Morgan fingerprint density at radius 3 is 2.83 bits per heavy atom. The van der Waals surface area contributed by atoms with Gasteiger partial charge in [0.15, 0.2) is 0 Å². The first kappa shape index (κ1) is 20.1. The lowest BCUT2D eigenvalue weighted by Crippen LogP contribution is -2.51. The van der Waals surface area contributed by atoms with Gasteiger partial charge in [0.25, 0.3) is 0 Å². The van der Waals surface area contributed by atoms with E-state index in [0.717, 1.165) is 87.4 Å². The Morgan fingerprint density at radius 2 is 2.00 bits per heavy atom. The molecule has 5 heteroatoms. The van der Waals surface area contributed by atoms with Crippen molar-refractivity contribution in [2.75, 3.05) is 32.9 Å². The Morgan fingerprint density at radius 1 is 1.17 bits per heavy atom. The van der Waals surface area contributed by atoms with E-state index in [4.69, 9.17) is 9.47 Å². The van der Waals surface area contributed by atoms with Gasteiger partial charge < -0.3 is 19.4 Å². The van der Waals surface area contributed by atoms with Crippen LogP contribution in [0.15, 0.2) is 30.5 Å². The number of para-hydroxylation sites is 1. The Hall–Kier alpha value is -1.85. The van der Waals surface area contributed by atoms with E-state index in [1.807, 2.05) is 23.2 Å². The smallest absolute Gasteiger partial charge is 0.227 e. The van der Waals surface area contributed by atoms with Crippen LogP contribution in [0.5, 0.6) is 0 Å². The van der Waals surface area contributed by atoms with E-state index in [0.29, 0.717) is 12.3 Å². The van der Waals surface area contributed by atoms with Gasteiger partial charge >= 0.3 is 0 Å². The predicted octanol–water partition coefficient (Wildman–Crippen LogP) is 4.31. The SMILES string of the molecule is O=C(Cc1c[nH]c2ccccc12)N1CCC2(CC1)CC(CCOCC1CC1)CCO2. The van der Waals surface area contributed by atoms with Crippen LogP contribution >= 0.6 is 0 Å². The number of ether oxygens (including phenoxy) is 2. The first-order valence-corrected chi connectivity index (χ1v) is 11.8. The summed E-state index contributed by atoms with van der Waals surface area (Å²) in [5.41, 5.74) is 2.17. The fourth-order valence-corrected chi connectivity index (χ4v) is 5.22. The monoisotopic (exact) mass is 410 g/mol. The fourth-order valence-electron chi connectivity index (χ4n) is 5.22. The highest BCUT2D eigenvalue weighted by atomic mass is 16.5. The van der Waals surface area contributed by atoms with Crippen LogP contribution in [0, 0.1) is 11.8 Å². The zero-order chi connectivity index (χ0) is 20.4. The zero-order valence-electron chi connectivity index (χ0n) is 17.9. The van der Waals surface area contributed by atoms with Crippen molar-refractivity contribution in [1.29, 1.82) is 0 Å². The van der Waals surface area contributed by atoms with Gasteiger partial charge in [-0.1, -0.05) is 18.2 Å². The van der Waals surface area contributed by atoms with Crippen molar-refractivity contribution in [1.82, 2.24) is 9.88 Å². The third kappa shape index (κ3) is 4.57. The third-order valence-electron chi connectivity index (χ3n) is 7.36. The molecule has 1 aromatic carbocycles. The van der Waals surface area contributed by atoms with Crippen molar-refractivity contribution >= 4 is 16.8 Å². The average Bonchev–Trinajstić information content (AvgIpc) is 3.51. The topological polar surface area (TPSA) is 54.6 Å². The van der Waals surface area contributed by atoms with Crippen molar-refractivity contribution in [3.8, 4) is 0 Å². The summed E-state index contributed by atoms with van der Waals surface area (Å²) in [5.74, 6) is 1.78. The van der Waals surface area contributed by atoms with Crippen molar-refractivity contribution < 1.29 is 14.3 Å². The van der Waals surface area contributed by atoms with Gasteiger partial charge in [-0.3, -0.25) is 4.79 Å². The van der Waals surface area contributed by atoms with Gasteiger partial charge in [0.05, 0.1) is 12.0 Å². The Labute approximate surface area is 179 Å². The van der Waals surface area contributed by atoms with E-state index in [9.17, 15) is 4.79 Å². The number of nitrogens with zero attached hydrogens (tertiary/aromatic N) is 1. The summed E-state index contributed by atoms with van der Waals surface area (Å²) in [5, 5.41) is 1.15. The highest BCUT2D eigenvalue weighted by Gasteiger charge is 2.41. The molecule has 3 fully saturated rings. The molecule has 5 rings (SSSR count). The molecule has 3 aliphatic rings. The minimum absolute atomic E-state index is 0.0169.